The fraction of sp³-hybridized carbons (Fsp3) is 0.355. The first kappa shape index (κ1) is 31.1. The van der Waals surface area contributed by atoms with Crippen molar-refractivity contribution in [2.24, 2.45) is 5.92 Å². The van der Waals surface area contributed by atoms with Crippen molar-refractivity contribution >= 4 is 33.3 Å². The number of fused-ring (bicyclic) bond motifs is 2. The number of carbonyl (C=O) groups excluding carboxylic acids is 2. The number of aliphatic hydroxyl groups is 1. The molecule has 0 radical (unpaired) electrons. The number of ether oxygens (including phenoxy) is 3. The largest absolute Gasteiger partial charge is 0.488 e. The Morgan fingerprint density at radius 2 is 1.66 bits per heavy atom. The molecule has 0 spiro atoms. The van der Waals surface area contributed by atoms with E-state index in [-0.39, 0.29) is 54.5 Å². The first-order valence-electron chi connectivity index (χ1n) is 14.2. The number of nitrogens with zero attached hydrogens (tertiary/aromatic N) is 2. The van der Waals surface area contributed by atoms with Crippen LogP contribution in [0, 0.1) is 12.8 Å². The number of carbonyl (C=O) groups is 2. The predicted molar refractivity (Wildman–Crippen MR) is 164 cm³/mol. The van der Waals surface area contributed by atoms with Crippen LogP contribution in [0.4, 0.5) is 16.2 Å². The Hall–Kier alpha value is -4.33. The maximum Gasteiger partial charge on any atom is 0.323 e. The number of benzene rings is 3. The van der Waals surface area contributed by atoms with E-state index in [1.165, 1.54) is 17.4 Å². The number of likely N-dealkylation sites (N-methyl/N-ethyl adjacent to an activating group) is 1. The van der Waals surface area contributed by atoms with Crippen molar-refractivity contribution in [1.29, 1.82) is 0 Å². The lowest BCUT2D eigenvalue weighted by Gasteiger charge is -2.38. The Morgan fingerprint density at radius 3 is 2.34 bits per heavy atom. The molecule has 2 heterocycles. The van der Waals surface area contributed by atoms with Crippen LogP contribution in [0.2, 0.25) is 0 Å². The van der Waals surface area contributed by atoms with Crippen LogP contribution in [0.3, 0.4) is 0 Å². The van der Waals surface area contributed by atoms with Gasteiger partial charge in [0.2, 0.25) is 16.8 Å². The number of aliphatic hydroxyl groups excluding tert-OH is 1. The van der Waals surface area contributed by atoms with E-state index in [4.69, 9.17) is 14.2 Å². The summed E-state index contributed by atoms with van der Waals surface area (Å²) in [5, 5.41) is 15.4. The number of rotatable bonds is 8. The molecule has 0 aliphatic carbocycles. The number of hydrogen-bond acceptors (Lipinski definition) is 8. The third-order valence-corrected chi connectivity index (χ3v) is 9.56. The second-order valence-corrected chi connectivity index (χ2v) is 13.1. The minimum atomic E-state index is -3.81. The number of aryl methyl sites for hydroxylation is 1. The first-order chi connectivity index (χ1) is 21.0. The molecule has 0 bridgehead atoms. The van der Waals surface area contributed by atoms with Crippen molar-refractivity contribution in [3.63, 3.8) is 0 Å². The lowest BCUT2D eigenvalue weighted by Crippen LogP contribution is -2.50. The molecule has 3 N–H and O–H groups in total. The number of amides is 3. The Balaban J connectivity index is 1.38. The van der Waals surface area contributed by atoms with Crippen LogP contribution in [-0.2, 0) is 10.0 Å². The van der Waals surface area contributed by atoms with Crippen molar-refractivity contribution in [2.45, 2.75) is 37.8 Å². The molecule has 12 nitrogen and oxygen atoms in total. The molecule has 0 saturated carbocycles. The first-order valence-corrected chi connectivity index (χ1v) is 15.6. The molecular formula is C31H36N4O8S. The summed E-state index contributed by atoms with van der Waals surface area (Å²) in [7, 11) is -2.31. The summed E-state index contributed by atoms with van der Waals surface area (Å²) < 4.78 is 44.9. The lowest BCUT2D eigenvalue weighted by atomic mass is 9.99. The quantitative estimate of drug-likeness (QED) is 0.342. The molecule has 5 rings (SSSR count). The molecular weight excluding hydrogens is 588 g/mol. The second-order valence-electron chi connectivity index (χ2n) is 11.1. The van der Waals surface area contributed by atoms with Crippen molar-refractivity contribution in [1.82, 2.24) is 9.21 Å². The van der Waals surface area contributed by atoms with Crippen molar-refractivity contribution in [3.8, 4) is 17.2 Å². The highest BCUT2D eigenvalue weighted by atomic mass is 32.2. The van der Waals surface area contributed by atoms with Crippen LogP contribution in [0.5, 0.6) is 17.2 Å². The molecule has 13 heteroatoms. The Bertz CT molecular complexity index is 1650. The van der Waals surface area contributed by atoms with Gasteiger partial charge in [0.1, 0.15) is 11.9 Å². The molecule has 3 aromatic carbocycles. The van der Waals surface area contributed by atoms with Crippen molar-refractivity contribution < 1.29 is 37.3 Å². The summed E-state index contributed by atoms with van der Waals surface area (Å²) in [6.07, 6.45) is -0.631. The summed E-state index contributed by atoms with van der Waals surface area (Å²) in [5.41, 5.74) is 1.94. The van der Waals surface area contributed by atoms with Crippen molar-refractivity contribution in [2.75, 3.05) is 44.2 Å². The van der Waals surface area contributed by atoms with Crippen molar-refractivity contribution in [3.05, 3.63) is 71.8 Å². The van der Waals surface area contributed by atoms with Gasteiger partial charge in [-0.15, -0.1) is 0 Å². The summed E-state index contributed by atoms with van der Waals surface area (Å²) in [5.74, 6) is 0.675. The minimum Gasteiger partial charge on any atom is -0.488 e. The highest BCUT2D eigenvalue weighted by molar-refractivity contribution is 7.89. The SMILES string of the molecule is Cc1ccc(S(=O)(=O)N(C)C[C@H]2Oc3ccc(NC(=O)Nc4ccc5c(c4)OCO5)cc3C(=O)N([C@@H](C)CO)C[C@@H]2C)cc1. The van der Waals surface area contributed by atoms with Gasteiger partial charge >= 0.3 is 6.03 Å². The standard InChI is InChI=1S/C31H36N4O8S/c1-19-5-9-24(10-6-19)44(39,40)34(4)16-29-20(2)15-35(21(3)17-36)30(37)25-13-22(7-11-26(25)43-29)32-31(38)33-23-8-12-27-28(14-23)42-18-41-27/h5-14,20-21,29,36H,15-18H2,1-4H3,(H2,32,33,38)/t20-,21-,29+/m0/s1. The van der Waals surface area contributed by atoms with Gasteiger partial charge in [0.15, 0.2) is 11.5 Å². The average molecular weight is 625 g/mol. The number of nitrogens with one attached hydrogen (secondary N) is 2. The maximum atomic E-state index is 13.7. The normalized spacial score (nSPS) is 18.6. The number of urea groups is 1. The fourth-order valence-corrected chi connectivity index (χ4v) is 6.21. The Kier molecular flexibility index (Phi) is 9.00. The van der Waals surface area contributed by atoms with Gasteiger partial charge in [0.25, 0.3) is 5.91 Å². The predicted octanol–water partition coefficient (Wildman–Crippen LogP) is 3.91. The topological polar surface area (TPSA) is 147 Å². The van der Waals surface area contributed by atoms with Crippen LogP contribution < -0.4 is 24.8 Å². The van der Waals surface area contributed by atoms with E-state index >= 15 is 0 Å². The average Bonchev–Trinajstić information content (AvgIpc) is 3.47. The van der Waals surface area contributed by atoms with E-state index in [0.29, 0.717) is 22.9 Å². The highest BCUT2D eigenvalue weighted by Crippen LogP contribution is 2.35. The Labute approximate surface area is 256 Å². The van der Waals surface area contributed by atoms with E-state index in [0.717, 1.165) is 5.56 Å². The van der Waals surface area contributed by atoms with Crippen LogP contribution >= 0.6 is 0 Å². The smallest absolute Gasteiger partial charge is 0.323 e. The highest BCUT2D eigenvalue weighted by Gasteiger charge is 2.35. The molecule has 0 aromatic heterocycles. The van der Waals surface area contributed by atoms with E-state index in [2.05, 4.69) is 10.6 Å². The zero-order chi connectivity index (χ0) is 31.6. The summed E-state index contributed by atoms with van der Waals surface area (Å²) in [4.78, 5) is 28.3. The molecule has 234 valence electrons. The third-order valence-electron chi connectivity index (χ3n) is 7.72. The zero-order valence-corrected chi connectivity index (χ0v) is 25.8. The summed E-state index contributed by atoms with van der Waals surface area (Å²) >= 11 is 0. The molecule has 0 fully saturated rings. The van der Waals surface area contributed by atoms with Crippen LogP contribution in [-0.4, -0.2) is 80.4 Å². The lowest BCUT2D eigenvalue weighted by molar-refractivity contribution is 0.0387. The van der Waals surface area contributed by atoms with E-state index in [1.807, 2.05) is 13.8 Å². The maximum absolute atomic E-state index is 13.7. The summed E-state index contributed by atoms with van der Waals surface area (Å²) in [6.45, 7) is 5.57. The van der Waals surface area contributed by atoms with Gasteiger partial charge in [-0.2, -0.15) is 4.31 Å². The molecule has 44 heavy (non-hydrogen) atoms. The van der Waals surface area contributed by atoms with Crippen LogP contribution in [0.15, 0.2) is 65.6 Å². The molecule has 0 saturated heterocycles. The van der Waals surface area contributed by atoms with Crippen LogP contribution in [0.25, 0.3) is 0 Å². The number of hydrogen-bond donors (Lipinski definition) is 3. The van der Waals surface area contributed by atoms with Gasteiger partial charge in [-0.05, 0) is 56.3 Å². The molecule has 2 aliphatic rings. The third kappa shape index (κ3) is 6.59. The van der Waals surface area contributed by atoms with Gasteiger partial charge in [0.05, 0.1) is 29.7 Å². The van der Waals surface area contributed by atoms with E-state index < -0.39 is 28.2 Å². The van der Waals surface area contributed by atoms with Gasteiger partial charge in [0, 0.05) is 37.0 Å². The number of anilines is 2. The van der Waals surface area contributed by atoms with E-state index in [1.54, 1.807) is 66.4 Å². The van der Waals surface area contributed by atoms with Gasteiger partial charge in [-0.3, -0.25) is 4.79 Å². The molecule has 2 aliphatic heterocycles. The monoisotopic (exact) mass is 624 g/mol. The summed E-state index contributed by atoms with van der Waals surface area (Å²) in [6, 6.07) is 15.3. The van der Waals surface area contributed by atoms with Gasteiger partial charge < -0.3 is 34.9 Å². The van der Waals surface area contributed by atoms with Gasteiger partial charge in [-0.1, -0.05) is 24.6 Å². The van der Waals surface area contributed by atoms with Crippen LogP contribution in [0.1, 0.15) is 29.8 Å². The second kappa shape index (κ2) is 12.7. The zero-order valence-electron chi connectivity index (χ0n) is 24.9. The minimum absolute atomic E-state index is 0.0181. The molecule has 3 atom stereocenters. The molecule has 3 amide bonds. The molecule has 3 aromatic rings. The van der Waals surface area contributed by atoms with Gasteiger partial charge in [-0.25, -0.2) is 13.2 Å². The molecule has 0 unspecified atom stereocenters. The fourth-order valence-electron chi connectivity index (χ4n) is 5.03. The Morgan fingerprint density at radius 1 is 1.02 bits per heavy atom. The number of sulfonamides is 1. The van der Waals surface area contributed by atoms with E-state index in [9.17, 15) is 23.1 Å².